The lowest BCUT2D eigenvalue weighted by Gasteiger charge is -2.62. The Morgan fingerprint density at radius 3 is 1.01 bits per heavy atom. The van der Waals surface area contributed by atoms with E-state index in [4.69, 9.17) is 0 Å². The van der Waals surface area contributed by atoms with Crippen molar-refractivity contribution in [3.8, 4) is 0 Å². The van der Waals surface area contributed by atoms with Crippen LogP contribution in [0, 0.1) is 87.0 Å². The first-order valence-corrected chi connectivity index (χ1v) is 44.6. The van der Waals surface area contributed by atoms with Crippen molar-refractivity contribution in [2.45, 2.75) is 309 Å². The van der Waals surface area contributed by atoms with Crippen LogP contribution in [0.3, 0.4) is 0 Å². The second kappa shape index (κ2) is 32.0. The molecule has 0 amide bonds. The first-order valence-electron chi connectivity index (χ1n) is 44.6. The van der Waals surface area contributed by atoms with Crippen molar-refractivity contribution in [3.63, 3.8) is 0 Å². The fraction of sp³-hybridized carbons (Fsp3) is 0.434. The molecule has 8 aliphatic rings. The van der Waals surface area contributed by atoms with Gasteiger partial charge in [-0.3, -0.25) is 0 Å². The normalized spacial score (nSPS) is 24.4. The summed E-state index contributed by atoms with van der Waals surface area (Å²) in [7, 11) is 0. The van der Waals surface area contributed by atoms with Crippen LogP contribution in [0.15, 0.2) is 231 Å². The highest BCUT2D eigenvalue weighted by atomic mass is 15.3. The van der Waals surface area contributed by atoms with E-state index < -0.39 is 0 Å². The summed E-state index contributed by atoms with van der Waals surface area (Å²) in [4.78, 5) is 13.2. The van der Waals surface area contributed by atoms with Gasteiger partial charge in [-0.2, -0.15) is 0 Å². The van der Waals surface area contributed by atoms with Crippen molar-refractivity contribution in [1.29, 1.82) is 0 Å². The SMILES string of the molecule is Cc1cc(C)cc(C2=CC(C)(C)N(c3ccccc3C)C2C)c1.Cc1cc(C)cc(C2=CC3(C)N(c4c(C)cccc4C(C)(C)C3(C)C)C2C)c1.Cc1cc(C)cc(C2=CC3(CCCCC3)N(c3ccccc3C)C2C)c1.Cc1cccc2c1N1C(C)C=CC1(C)C(C)(C)C2(C)C.Cc1ccccc1N1C(C)C(c2ccccc2)=CC1(C)C. The molecule has 7 aliphatic heterocycles. The number of benzene rings is 9. The number of aryl methyl sites for hydroxylation is 11. The third-order valence-electron chi connectivity index (χ3n) is 30.6. The summed E-state index contributed by atoms with van der Waals surface area (Å²) < 4.78 is 0. The number of nitrogens with zero attached hydrogens (tertiary/aromatic N) is 5. The molecule has 620 valence electrons. The van der Waals surface area contributed by atoms with E-state index in [1.165, 1.54) is 177 Å². The highest BCUT2D eigenvalue weighted by Crippen LogP contribution is 2.64. The predicted molar refractivity (Wildman–Crippen MR) is 515 cm³/mol. The maximum absolute atomic E-state index is 2.74. The summed E-state index contributed by atoms with van der Waals surface area (Å²) >= 11 is 0. The molecule has 9 aromatic carbocycles. The predicted octanol–water partition coefficient (Wildman–Crippen LogP) is 29.2. The first kappa shape index (κ1) is 86.5. The van der Waals surface area contributed by atoms with Gasteiger partial charge >= 0.3 is 0 Å². The first-order chi connectivity index (χ1) is 55.4. The largest absolute Gasteiger partial charge is 0.356 e. The van der Waals surface area contributed by atoms with Gasteiger partial charge in [0.2, 0.25) is 0 Å². The van der Waals surface area contributed by atoms with Crippen molar-refractivity contribution in [2.24, 2.45) is 10.8 Å². The molecule has 5 heteroatoms. The molecule has 118 heavy (non-hydrogen) atoms. The molecule has 1 spiro atoms. The third kappa shape index (κ3) is 15.0. The van der Waals surface area contributed by atoms with Crippen molar-refractivity contribution < 1.29 is 0 Å². The van der Waals surface area contributed by atoms with Crippen molar-refractivity contribution in [1.82, 2.24) is 0 Å². The van der Waals surface area contributed by atoms with Crippen molar-refractivity contribution in [3.05, 3.63) is 325 Å². The minimum Gasteiger partial charge on any atom is -0.356 e. The molecular formula is C113H143N5. The Labute approximate surface area is 715 Å². The number of rotatable bonds is 7. The van der Waals surface area contributed by atoms with Crippen LogP contribution in [0.5, 0.6) is 0 Å². The van der Waals surface area contributed by atoms with Gasteiger partial charge in [0, 0.05) is 45.3 Å². The molecule has 5 nitrogen and oxygen atoms in total. The molecule has 9 aromatic rings. The minimum atomic E-state index is -0.0397. The second-order valence-corrected chi connectivity index (χ2v) is 40.6. The van der Waals surface area contributed by atoms with Gasteiger partial charge in [0.05, 0.1) is 51.9 Å². The van der Waals surface area contributed by atoms with E-state index in [9.17, 15) is 0 Å². The highest BCUT2D eigenvalue weighted by molar-refractivity contribution is 5.87. The van der Waals surface area contributed by atoms with E-state index in [-0.39, 0.29) is 49.4 Å². The topological polar surface area (TPSA) is 16.2 Å². The average Bonchev–Trinajstić information content (AvgIpc) is 1.42. The van der Waals surface area contributed by atoms with Gasteiger partial charge in [-0.15, -0.1) is 0 Å². The summed E-state index contributed by atoms with van der Waals surface area (Å²) in [6.07, 6.45) is 21.5. The lowest BCUT2D eigenvalue weighted by Crippen LogP contribution is -2.64. The number of hydrogen-bond donors (Lipinski definition) is 0. The molecule has 0 bridgehead atoms. The van der Waals surface area contributed by atoms with E-state index >= 15 is 0 Å². The zero-order chi connectivity index (χ0) is 85.7. The molecule has 0 N–H and O–H groups in total. The van der Waals surface area contributed by atoms with Gasteiger partial charge in [-0.1, -0.05) is 320 Å². The molecule has 0 aromatic heterocycles. The van der Waals surface area contributed by atoms with E-state index in [1.54, 1.807) is 0 Å². The van der Waals surface area contributed by atoms with Crippen LogP contribution in [0.25, 0.3) is 22.3 Å². The summed E-state index contributed by atoms with van der Waals surface area (Å²) in [5.41, 5.74) is 36.9. The quantitative estimate of drug-likeness (QED) is 0.147. The summed E-state index contributed by atoms with van der Waals surface area (Å²) in [6.45, 7) is 69.6. The molecule has 7 unspecified atom stereocenters. The van der Waals surface area contributed by atoms with Crippen LogP contribution in [-0.2, 0) is 10.8 Å². The van der Waals surface area contributed by atoms with Crippen LogP contribution in [-0.4, -0.2) is 57.9 Å². The number of para-hydroxylation sites is 5. The maximum Gasteiger partial charge on any atom is 0.0628 e. The van der Waals surface area contributed by atoms with E-state index in [0.29, 0.717) is 30.2 Å². The van der Waals surface area contributed by atoms with Crippen molar-refractivity contribution >= 4 is 50.7 Å². The van der Waals surface area contributed by atoms with Gasteiger partial charge in [-0.05, 0) is 278 Å². The maximum atomic E-state index is 2.74. The number of hydrogen-bond acceptors (Lipinski definition) is 5. The van der Waals surface area contributed by atoms with Crippen LogP contribution in [0.4, 0.5) is 28.4 Å². The molecule has 17 rings (SSSR count). The average molecular weight is 1570 g/mol. The molecule has 7 atom stereocenters. The monoisotopic (exact) mass is 1570 g/mol. The highest BCUT2D eigenvalue weighted by Gasteiger charge is 2.63. The molecule has 0 radical (unpaired) electrons. The Hall–Kier alpha value is -9.32. The van der Waals surface area contributed by atoms with Gasteiger partial charge in [0.1, 0.15) is 0 Å². The molecule has 1 aliphatic carbocycles. The van der Waals surface area contributed by atoms with Crippen LogP contribution in [0.1, 0.15) is 258 Å². The number of anilines is 5. The Morgan fingerprint density at radius 2 is 0.602 bits per heavy atom. The Balaban J connectivity index is 0.000000129. The van der Waals surface area contributed by atoms with Gasteiger partial charge in [-0.25, -0.2) is 0 Å². The van der Waals surface area contributed by atoms with Gasteiger partial charge in [0.15, 0.2) is 0 Å². The lowest BCUT2D eigenvalue weighted by atomic mass is 9.52. The fourth-order valence-electron chi connectivity index (χ4n) is 23.0. The standard InChI is InChI=1S/C27H35N.C25H31N.C22H27N.C20H23N.C19H27N/c1-17-13-18(2)15-21(14-17)22-16-27(9)26(7,8)25(5,6)23-12-10-11-19(3)24(23)28(27)20(22)4;1-18-14-19(2)16-22(15-18)23-17-25(12-8-5-9-13-25)26(21(23)4)24-11-7-6-10-20(24)3;1-15-11-16(2)13-19(12-15)20-14-22(5,6)23(18(20)4)21-10-8-7-9-17(21)3;1-15-10-8-9-13-19(15)21-16(2)18(14-20(21,3)4)17-11-6-5-7-12-17;1-13-9-8-10-15-16(13)20-14(2)11-12-19(20,7)18(5,6)17(15,3)4/h10-16,20H,1-9H3;6-7,10-11,14-17,21H,5,8-9,12-13H2,1-4H3;7-14,18H,1-6H3;5-14,16H,1-4H3;8-12,14H,1-7H3. The van der Waals surface area contributed by atoms with Crippen LogP contribution < -0.4 is 24.5 Å². The zero-order valence-electron chi connectivity index (χ0n) is 78.1. The fourth-order valence-corrected chi connectivity index (χ4v) is 23.0. The minimum absolute atomic E-state index is 0.0124. The molecule has 1 fully saturated rings. The van der Waals surface area contributed by atoms with E-state index in [1.807, 2.05) is 0 Å². The van der Waals surface area contributed by atoms with E-state index in [2.05, 4.69) is 463 Å². The Morgan fingerprint density at radius 1 is 0.280 bits per heavy atom. The smallest absolute Gasteiger partial charge is 0.0628 e. The molecular weight excluding hydrogens is 1430 g/mol. The second-order valence-electron chi connectivity index (χ2n) is 40.6. The lowest BCUT2D eigenvalue weighted by molar-refractivity contribution is 0.0983. The number of fused-ring (bicyclic) bond motifs is 6. The Kier molecular flexibility index (Phi) is 23.5. The van der Waals surface area contributed by atoms with Crippen LogP contribution >= 0.6 is 0 Å². The van der Waals surface area contributed by atoms with Gasteiger partial charge < -0.3 is 24.5 Å². The Bertz CT molecular complexity index is 5340. The van der Waals surface area contributed by atoms with Crippen LogP contribution in [0.2, 0.25) is 0 Å². The summed E-state index contributed by atoms with van der Waals surface area (Å²) in [5, 5.41) is 0. The molecule has 1 saturated carbocycles. The third-order valence-corrected chi connectivity index (χ3v) is 30.6. The summed E-state index contributed by atoms with van der Waals surface area (Å²) in [5.74, 6) is 0. The van der Waals surface area contributed by atoms with E-state index in [0.717, 1.165) is 0 Å². The summed E-state index contributed by atoms with van der Waals surface area (Å²) in [6, 6.07) is 73.5. The molecule has 0 saturated heterocycles. The molecule has 7 heterocycles. The van der Waals surface area contributed by atoms with Gasteiger partial charge in [0.25, 0.3) is 0 Å². The zero-order valence-corrected chi connectivity index (χ0v) is 78.1. The van der Waals surface area contributed by atoms with Crippen molar-refractivity contribution in [2.75, 3.05) is 24.5 Å².